The van der Waals surface area contributed by atoms with E-state index in [2.05, 4.69) is 18.3 Å². The van der Waals surface area contributed by atoms with Gasteiger partial charge in [-0.05, 0) is 48.2 Å². The van der Waals surface area contributed by atoms with Gasteiger partial charge in [-0.1, -0.05) is 49.4 Å². The molecule has 0 fully saturated rings. The van der Waals surface area contributed by atoms with Crippen molar-refractivity contribution in [3.05, 3.63) is 89.7 Å². The minimum atomic E-state index is -0.524. The number of amides is 2. The molecule has 0 aromatic heterocycles. The van der Waals surface area contributed by atoms with Gasteiger partial charge in [0, 0.05) is 12.2 Å². The van der Waals surface area contributed by atoms with E-state index in [1.165, 1.54) is 12.1 Å². The van der Waals surface area contributed by atoms with E-state index >= 15 is 0 Å². The molecule has 1 aliphatic rings. The van der Waals surface area contributed by atoms with Crippen molar-refractivity contribution >= 4 is 23.2 Å². The van der Waals surface area contributed by atoms with Crippen molar-refractivity contribution in [1.29, 1.82) is 0 Å². The topological polar surface area (TPSA) is 58.6 Å². The highest BCUT2D eigenvalue weighted by Gasteiger charge is 2.28. The van der Waals surface area contributed by atoms with Gasteiger partial charge in [-0.3, -0.25) is 9.59 Å². The van der Waals surface area contributed by atoms with E-state index in [0.717, 1.165) is 17.7 Å². The van der Waals surface area contributed by atoms with Crippen LogP contribution in [0.2, 0.25) is 0 Å². The number of hydrogen-bond acceptors (Lipinski definition) is 3. The number of anilines is 2. The molecule has 5 nitrogen and oxygen atoms in total. The smallest absolute Gasteiger partial charge is 0.262 e. The molecule has 3 aromatic rings. The van der Waals surface area contributed by atoms with Gasteiger partial charge in [0.15, 0.2) is 6.61 Å². The zero-order valence-corrected chi connectivity index (χ0v) is 17.2. The minimum absolute atomic E-state index is 0.0829. The molecular weight excluding hydrogens is 395 g/mol. The molecule has 1 unspecified atom stereocenters. The van der Waals surface area contributed by atoms with Crippen LogP contribution in [-0.4, -0.2) is 25.0 Å². The maximum absolute atomic E-state index is 13.7. The van der Waals surface area contributed by atoms with Gasteiger partial charge in [0.2, 0.25) is 0 Å². The monoisotopic (exact) mass is 418 g/mol. The fraction of sp³-hybridized carbons (Fsp3) is 0.200. The molecular formula is C25H23FN2O3. The lowest BCUT2D eigenvalue weighted by atomic mass is 9.91. The second-order valence-electron chi connectivity index (χ2n) is 7.52. The molecule has 2 amide bonds. The molecule has 4 rings (SSSR count). The molecule has 0 radical (unpaired) electrons. The van der Waals surface area contributed by atoms with Gasteiger partial charge >= 0.3 is 0 Å². The quantitative estimate of drug-likeness (QED) is 0.635. The van der Waals surface area contributed by atoms with Crippen molar-refractivity contribution in [2.45, 2.75) is 19.3 Å². The van der Waals surface area contributed by atoms with Gasteiger partial charge in [-0.2, -0.15) is 0 Å². The maximum Gasteiger partial charge on any atom is 0.262 e. The third-order valence-electron chi connectivity index (χ3n) is 5.41. The number of nitrogens with one attached hydrogen (secondary N) is 1. The first-order valence-corrected chi connectivity index (χ1v) is 10.2. The van der Waals surface area contributed by atoms with Crippen LogP contribution < -0.4 is 15.0 Å². The van der Waals surface area contributed by atoms with E-state index < -0.39 is 11.7 Å². The molecule has 1 heterocycles. The number of para-hydroxylation sites is 3. The van der Waals surface area contributed by atoms with Crippen LogP contribution in [0.5, 0.6) is 5.75 Å². The fourth-order valence-corrected chi connectivity index (χ4v) is 3.77. The van der Waals surface area contributed by atoms with Crippen LogP contribution in [0.1, 0.15) is 35.2 Å². The SMILES string of the molecule is CC1CCN(C(=O)c2ccccc2OCC(=O)Nc2ccccc2F)c2ccccc21. The van der Waals surface area contributed by atoms with E-state index in [0.29, 0.717) is 23.8 Å². The lowest BCUT2D eigenvalue weighted by Gasteiger charge is -2.33. The second-order valence-corrected chi connectivity index (χ2v) is 7.52. The summed E-state index contributed by atoms with van der Waals surface area (Å²) in [6.45, 7) is 2.43. The summed E-state index contributed by atoms with van der Waals surface area (Å²) in [5, 5.41) is 2.48. The van der Waals surface area contributed by atoms with E-state index in [1.54, 1.807) is 41.3 Å². The van der Waals surface area contributed by atoms with Crippen LogP contribution in [0, 0.1) is 5.82 Å². The van der Waals surface area contributed by atoms with Gasteiger partial charge in [0.1, 0.15) is 11.6 Å². The lowest BCUT2D eigenvalue weighted by molar-refractivity contribution is -0.118. The van der Waals surface area contributed by atoms with Gasteiger partial charge in [-0.15, -0.1) is 0 Å². The fourth-order valence-electron chi connectivity index (χ4n) is 3.77. The Hall–Kier alpha value is -3.67. The molecule has 158 valence electrons. The first kappa shape index (κ1) is 20.6. The molecule has 0 aliphatic carbocycles. The molecule has 1 aliphatic heterocycles. The summed E-state index contributed by atoms with van der Waals surface area (Å²) in [5.74, 6) is -0.514. The number of carbonyl (C=O) groups is 2. The molecule has 0 saturated heterocycles. The van der Waals surface area contributed by atoms with Crippen LogP contribution in [0.3, 0.4) is 0 Å². The standard InChI is InChI=1S/C25H23FN2O3/c1-17-14-15-28(22-12-6-2-8-18(17)22)25(30)19-9-3-7-13-23(19)31-16-24(29)27-21-11-5-4-10-20(21)26/h2-13,17H,14-16H2,1H3,(H,27,29). The zero-order chi connectivity index (χ0) is 21.8. The highest BCUT2D eigenvalue weighted by atomic mass is 19.1. The summed E-state index contributed by atoms with van der Waals surface area (Å²) in [6, 6.07) is 20.7. The Morgan fingerprint density at radius 1 is 1.03 bits per heavy atom. The van der Waals surface area contributed by atoms with Gasteiger partial charge in [0.05, 0.1) is 11.3 Å². The van der Waals surface area contributed by atoms with Crippen molar-refractivity contribution in [3.63, 3.8) is 0 Å². The lowest BCUT2D eigenvalue weighted by Crippen LogP contribution is -2.36. The van der Waals surface area contributed by atoms with Crippen molar-refractivity contribution < 1.29 is 18.7 Å². The second kappa shape index (κ2) is 9.00. The molecule has 1 N–H and O–H groups in total. The number of fused-ring (bicyclic) bond motifs is 1. The third-order valence-corrected chi connectivity index (χ3v) is 5.41. The number of nitrogens with zero attached hydrogens (tertiary/aromatic N) is 1. The van der Waals surface area contributed by atoms with Crippen molar-refractivity contribution in [3.8, 4) is 5.75 Å². The molecule has 1 atom stereocenters. The molecule has 31 heavy (non-hydrogen) atoms. The van der Waals surface area contributed by atoms with Gasteiger partial charge in [-0.25, -0.2) is 4.39 Å². The number of benzene rings is 3. The summed E-state index contributed by atoms with van der Waals surface area (Å²) in [6.07, 6.45) is 0.872. The number of ether oxygens (including phenoxy) is 1. The van der Waals surface area contributed by atoms with Crippen LogP contribution in [0.15, 0.2) is 72.8 Å². The van der Waals surface area contributed by atoms with Crippen LogP contribution in [-0.2, 0) is 4.79 Å². The Morgan fingerprint density at radius 2 is 1.74 bits per heavy atom. The maximum atomic E-state index is 13.7. The van der Waals surface area contributed by atoms with Crippen LogP contribution >= 0.6 is 0 Å². The number of rotatable bonds is 5. The molecule has 3 aromatic carbocycles. The summed E-state index contributed by atoms with van der Waals surface area (Å²) in [4.78, 5) is 27.3. The largest absolute Gasteiger partial charge is 0.483 e. The Morgan fingerprint density at radius 3 is 2.58 bits per heavy atom. The average Bonchev–Trinajstić information content (AvgIpc) is 2.79. The van der Waals surface area contributed by atoms with Crippen molar-refractivity contribution in [1.82, 2.24) is 0 Å². The summed E-state index contributed by atoms with van der Waals surface area (Å²) < 4.78 is 19.4. The predicted molar refractivity (Wildman–Crippen MR) is 118 cm³/mol. The van der Waals surface area contributed by atoms with E-state index in [-0.39, 0.29) is 18.2 Å². The average molecular weight is 418 g/mol. The molecule has 0 spiro atoms. The minimum Gasteiger partial charge on any atom is -0.483 e. The Balaban J connectivity index is 1.50. The van der Waals surface area contributed by atoms with Gasteiger partial charge in [0.25, 0.3) is 11.8 Å². The summed E-state index contributed by atoms with van der Waals surface area (Å²) in [5.41, 5.74) is 2.51. The number of halogens is 1. The van der Waals surface area contributed by atoms with Crippen LogP contribution in [0.25, 0.3) is 0 Å². The highest BCUT2D eigenvalue weighted by molar-refractivity contribution is 6.08. The van der Waals surface area contributed by atoms with E-state index in [4.69, 9.17) is 4.74 Å². The number of carbonyl (C=O) groups excluding carboxylic acids is 2. The first-order chi connectivity index (χ1) is 15.0. The summed E-state index contributed by atoms with van der Waals surface area (Å²) >= 11 is 0. The molecule has 0 bridgehead atoms. The van der Waals surface area contributed by atoms with Crippen LogP contribution in [0.4, 0.5) is 15.8 Å². The Labute approximate surface area is 180 Å². The Bertz CT molecular complexity index is 1120. The number of hydrogen-bond donors (Lipinski definition) is 1. The van der Waals surface area contributed by atoms with E-state index in [1.807, 2.05) is 18.2 Å². The molecule has 6 heteroatoms. The molecule has 0 saturated carbocycles. The third kappa shape index (κ3) is 4.43. The predicted octanol–water partition coefficient (Wildman–Crippen LogP) is 5.00. The normalized spacial score (nSPS) is 15.2. The first-order valence-electron chi connectivity index (χ1n) is 10.2. The Kier molecular flexibility index (Phi) is 5.98. The summed E-state index contributed by atoms with van der Waals surface area (Å²) in [7, 11) is 0. The van der Waals surface area contributed by atoms with E-state index in [9.17, 15) is 14.0 Å². The van der Waals surface area contributed by atoms with Crippen molar-refractivity contribution in [2.75, 3.05) is 23.4 Å². The van der Waals surface area contributed by atoms with Crippen molar-refractivity contribution in [2.24, 2.45) is 0 Å². The highest BCUT2D eigenvalue weighted by Crippen LogP contribution is 2.36. The van der Waals surface area contributed by atoms with Gasteiger partial charge < -0.3 is 15.0 Å². The zero-order valence-electron chi connectivity index (χ0n) is 17.2.